The van der Waals surface area contributed by atoms with E-state index in [1.807, 2.05) is 0 Å². The largest absolute Gasteiger partial charge is 0.349 e. The van der Waals surface area contributed by atoms with Gasteiger partial charge in [0.25, 0.3) is 0 Å². The van der Waals surface area contributed by atoms with Crippen LogP contribution < -0.4 is 5.32 Å². The molecule has 0 aliphatic carbocycles. The van der Waals surface area contributed by atoms with Gasteiger partial charge in [-0.2, -0.15) is 0 Å². The van der Waals surface area contributed by atoms with Crippen molar-refractivity contribution < 1.29 is 9.59 Å². The number of halogens is 2. The maximum absolute atomic E-state index is 10.3. The van der Waals surface area contributed by atoms with Gasteiger partial charge in [-0.25, -0.2) is 0 Å². The van der Waals surface area contributed by atoms with Crippen LogP contribution >= 0.6 is 37.2 Å². The fraction of sp³-hybridized carbons (Fsp3) is 0.600. The van der Waals surface area contributed by atoms with Crippen LogP contribution in [0, 0.1) is 0 Å². The molecule has 0 aromatic heterocycles. The Hall–Kier alpha value is 0.600. The van der Waals surface area contributed by atoms with Crippen LogP contribution in [0.4, 0.5) is 0 Å². The van der Waals surface area contributed by atoms with Crippen molar-refractivity contribution >= 4 is 49.4 Å². The Morgan fingerprint density at radius 3 is 2.10 bits per heavy atom. The van der Waals surface area contributed by atoms with Crippen LogP contribution in [0.15, 0.2) is 0 Å². The first-order valence-corrected chi connectivity index (χ1v) is 8.81. The molecule has 1 N–H and O–H groups in total. The van der Waals surface area contributed by atoms with Gasteiger partial charge in [0.2, 0.25) is 6.41 Å². The van der Waals surface area contributed by atoms with Gasteiger partial charge in [0, 0.05) is 37.2 Å². The predicted octanol–water partition coefficient (Wildman–Crippen LogP) is 1.48. The number of nitrogens with one attached hydrogen (secondary N) is 1. The molecule has 0 saturated carbocycles. The van der Waals surface area contributed by atoms with Crippen LogP contribution in [0.25, 0.3) is 0 Å². The van der Waals surface area contributed by atoms with Crippen LogP contribution in [0.5, 0.6) is 0 Å². The highest BCUT2D eigenvalue weighted by Gasteiger charge is 2.02. The molecule has 5 heteroatoms. The maximum Gasteiger partial charge on any atom is 0.207 e. The maximum atomic E-state index is 10.3. The van der Waals surface area contributed by atoms with E-state index in [1.165, 1.54) is 6.92 Å². The van der Waals surface area contributed by atoms with Crippen molar-refractivity contribution in [3.63, 3.8) is 0 Å². The number of ketones is 1. The highest BCUT2D eigenvalue weighted by Crippen LogP contribution is 1.89. The van der Waals surface area contributed by atoms with Gasteiger partial charge in [-0.1, -0.05) is 0 Å². The lowest BCUT2D eigenvalue weighted by atomic mass is 10.2. The average Bonchev–Trinajstić information content (AvgIpc) is 1.93. The predicted molar refractivity (Wildman–Crippen MR) is 57.4 cm³/mol. The lowest BCUT2D eigenvalue weighted by Crippen LogP contribution is -2.30. The molecule has 0 saturated heterocycles. The minimum atomic E-state index is -0.340. The monoisotopic (exact) mass is 369 g/mol. The van der Waals surface area contributed by atoms with Gasteiger partial charge in [0.05, 0.1) is 6.04 Å². The van der Waals surface area contributed by atoms with Crippen LogP contribution in [0.3, 0.4) is 0 Å². The third-order valence-corrected chi connectivity index (χ3v) is 0.928. The highest BCUT2D eigenvalue weighted by molar-refractivity contribution is 15.0. The first-order valence-electron chi connectivity index (χ1n) is 2.53. The van der Waals surface area contributed by atoms with Gasteiger partial charge in [-0.3, -0.25) is 9.59 Å². The van der Waals surface area contributed by atoms with Crippen LogP contribution in [0.2, 0.25) is 0 Å². The second-order valence-corrected chi connectivity index (χ2v) is 1.62. The molecule has 0 bridgehead atoms. The van der Waals surface area contributed by atoms with Crippen molar-refractivity contribution in [1.29, 1.82) is 0 Å². The number of Topliss-reactive ketones (excluding diaryl/α,β-unsaturated/α-hetero) is 1. The zero-order valence-corrected chi connectivity index (χ0v) is 10.0. The molecule has 0 heterocycles. The molecule has 1 atom stereocenters. The van der Waals surface area contributed by atoms with Crippen molar-refractivity contribution in [3.05, 3.63) is 0 Å². The van der Waals surface area contributed by atoms with Crippen molar-refractivity contribution in [2.75, 3.05) is 0 Å². The van der Waals surface area contributed by atoms with E-state index >= 15 is 0 Å². The molecule has 0 radical (unpaired) electrons. The Labute approximate surface area is 83.6 Å². The Morgan fingerprint density at radius 1 is 1.60 bits per heavy atom. The van der Waals surface area contributed by atoms with Crippen molar-refractivity contribution in [3.8, 4) is 0 Å². The van der Waals surface area contributed by atoms with Gasteiger partial charge in [-0.15, -0.1) is 0 Å². The van der Waals surface area contributed by atoms with Crippen molar-refractivity contribution in [2.45, 2.75) is 19.9 Å². The molecule has 0 aliphatic heterocycles. The molecular formula is C5H9I2NO2. The molecule has 1 amide bonds. The molecule has 0 aliphatic rings. The summed E-state index contributed by atoms with van der Waals surface area (Å²) in [5, 5.41) is 2.31. The summed E-state index contributed by atoms with van der Waals surface area (Å²) < 4.78 is 0. The van der Waals surface area contributed by atoms with E-state index in [4.69, 9.17) is 0 Å². The topological polar surface area (TPSA) is 46.2 Å². The fourth-order valence-corrected chi connectivity index (χ4v) is 0.219. The Morgan fingerprint density at radius 2 is 2.00 bits per heavy atom. The summed E-state index contributed by atoms with van der Waals surface area (Å²) in [5.41, 5.74) is 0. The van der Waals surface area contributed by atoms with E-state index in [0.717, 1.165) is 0 Å². The molecule has 0 rings (SSSR count). The normalized spacial score (nSPS) is 10.4. The van der Waals surface area contributed by atoms with Crippen LogP contribution in [0.1, 0.15) is 13.8 Å². The van der Waals surface area contributed by atoms with Gasteiger partial charge in [0.15, 0.2) is 5.78 Å². The number of carbonyl (C=O) groups excluding carboxylic acids is 2. The Kier molecular flexibility index (Phi) is 12.7. The first kappa shape index (κ1) is 13.2. The molecule has 60 valence electrons. The number of hydrogen-bond donors (Lipinski definition) is 1. The molecule has 0 spiro atoms. The smallest absolute Gasteiger partial charge is 0.207 e. The summed E-state index contributed by atoms with van der Waals surface area (Å²) in [6.45, 7) is 3.07. The lowest BCUT2D eigenvalue weighted by Gasteiger charge is -2.01. The second kappa shape index (κ2) is 9.60. The SMILES string of the molecule is CC(=O)C(C)NC=O.II. The zero-order chi connectivity index (χ0) is 8.57. The van der Waals surface area contributed by atoms with Gasteiger partial charge in [0.1, 0.15) is 0 Å². The van der Waals surface area contributed by atoms with Crippen molar-refractivity contribution in [2.24, 2.45) is 0 Å². The van der Waals surface area contributed by atoms with E-state index in [2.05, 4.69) is 42.5 Å². The number of rotatable bonds is 3. The summed E-state index contributed by atoms with van der Waals surface area (Å²) in [7, 11) is 0. The van der Waals surface area contributed by atoms with E-state index in [-0.39, 0.29) is 11.8 Å². The summed E-state index contributed by atoms with van der Waals surface area (Å²) >= 11 is 4.24. The third-order valence-electron chi connectivity index (χ3n) is 0.928. The number of amides is 1. The molecular weight excluding hydrogens is 360 g/mol. The third kappa shape index (κ3) is 8.60. The fourth-order valence-electron chi connectivity index (χ4n) is 0.219. The first-order chi connectivity index (χ1) is 4.68. The standard InChI is InChI=1S/C5H9NO2.I2/c1-4(5(2)8)6-3-7;1-2/h3-4H,1-2H3,(H,6,7);. The van der Waals surface area contributed by atoms with E-state index in [0.29, 0.717) is 6.41 Å². The molecule has 0 fully saturated rings. The summed E-state index contributed by atoms with van der Waals surface area (Å²) in [6.07, 6.45) is 0.520. The molecule has 0 aromatic carbocycles. The minimum absolute atomic E-state index is 0.0305. The van der Waals surface area contributed by atoms with E-state index in [9.17, 15) is 9.59 Å². The lowest BCUT2D eigenvalue weighted by molar-refractivity contribution is -0.121. The van der Waals surface area contributed by atoms with Gasteiger partial charge >= 0.3 is 0 Å². The molecule has 3 nitrogen and oxygen atoms in total. The Bertz CT molecular complexity index is 108. The summed E-state index contributed by atoms with van der Waals surface area (Å²) in [5.74, 6) is -0.0305. The zero-order valence-electron chi connectivity index (χ0n) is 5.73. The second-order valence-electron chi connectivity index (χ2n) is 1.62. The van der Waals surface area contributed by atoms with Gasteiger partial charge in [-0.05, 0) is 13.8 Å². The number of carbonyl (C=O) groups is 2. The summed E-state index contributed by atoms with van der Waals surface area (Å²) in [4.78, 5) is 20.0. The van der Waals surface area contributed by atoms with E-state index < -0.39 is 0 Å². The average molecular weight is 369 g/mol. The molecule has 0 aromatic rings. The quantitative estimate of drug-likeness (QED) is 0.606. The number of hydrogen-bond acceptors (Lipinski definition) is 2. The van der Waals surface area contributed by atoms with Crippen LogP contribution in [-0.2, 0) is 9.59 Å². The Balaban J connectivity index is 0. The molecule has 10 heavy (non-hydrogen) atoms. The van der Waals surface area contributed by atoms with E-state index in [1.54, 1.807) is 6.92 Å². The van der Waals surface area contributed by atoms with Gasteiger partial charge < -0.3 is 5.32 Å². The highest BCUT2D eigenvalue weighted by atomic mass is 128. The molecule has 1 unspecified atom stereocenters. The van der Waals surface area contributed by atoms with Crippen LogP contribution in [-0.4, -0.2) is 18.2 Å². The summed E-state index contributed by atoms with van der Waals surface area (Å²) in [6, 6.07) is -0.340. The minimum Gasteiger partial charge on any atom is -0.349 e. The van der Waals surface area contributed by atoms with Crippen molar-refractivity contribution in [1.82, 2.24) is 5.32 Å².